The van der Waals surface area contributed by atoms with E-state index in [0.29, 0.717) is 61.9 Å². The van der Waals surface area contributed by atoms with Crippen LogP contribution < -0.4 is 20.7 Å². The van der Waals surface area contributed by atoms with Crippen LogP contribution in [-0.2, 0) is 17.8 Å². The molecule has 0 bridgehead atoms. The van der Waals surface area contributed by atoms with Gasteiger partial charge in [0.05, 0.1) is 35.7 Å². The van der Waals surface area contributed by atoms with Gasteiger partial charge in [-0.1, -0.05) is 0 Å². The van der Waals surface area contributed by atoms with Crippen molar-refractivity contribution >= 4 is 34.4 Å². The number of carbonyl (C=O) groups is 1. The number of halogens is 1. The van der Waals surface area contributed by atoms with E-state index >= 15 is 0 Å². The summed E-state index contributed by atoms with van der Waals surface area (Å²) in [6.45, 7) is 1.98. The molecule has 1 saturated heterocycles. The highest BCUT2D eigenvalue weighted by atomic mass is 32.2. The molecule has 0 aliphatic carbocycles. The number of benzene rings is 1. The molecule has 0 radical (unpaired) electrons. The minimum atomic E-state index is -0.533. The van der Waals surface area contributed by atoms with Crippen molar-refractivity contribution in [2.24, 2.45) is 5.41 Å². The normalized spacial score (nSPS) is 21.7. The Kier molecular flexibility index (Phi) is 6.88. The van der Waals surface area contributed by atoms with Gasteiger partial charge in [0.25, 0.3) is 0 Å². The van der Waals surface area contributed by atoms with E-state index < -0.39 is 11.5 Å². The third-order valence-corrected chi connectivity index (χ3v) is 7.89. The number of thioether (sulfide) groups is 1. The van der Waals surface area contributed by atoms with Crippen LogP contribution >= 0.6 is 11.8 Å². The number of methoxy groups -OCH3 is 1. The van der Waals surface area contributed by atoms with Crippen molar-refractivity contribution in [2.75, 3.05) is 37.8 Å². The zero-order valence-electron chi connectivity index (χ0n) is 19.4. The van der Waals surface area contributed by atoms with Gasteiger partial charge >= 0.3 is 0 Å². The van der Waals surface area contributed by atoms with Gasteiger partial charge in [-0.25, -0.2) is 9.37 Å². The van der Waals surface area contributed by atoms with Gasteiger partial charge in [-0.2, -0.15) is 0 Å². The third-order valence-electron chi connectivity index (χ3n) is 6.84. The van der Waals surface area contributed by atoms with Gasteiger partial charge < -0.3 is 25.8 Å². The van der Waals surface area contributed by atoms with Gasteiger partial charge in [0.2, 0.25) is 11.8 Å². The molecule has 8 nitrogen and oxygen atoms in total. The van der Waals surface area contributed by atoms with Gasteiger partial charge in [0.1, 0.15) is 5.82 Å². The number of ether oxygens (including phenoxy) is 1. The lowest BCUT2D eigenvalue weighted by molar-refractivity contribution is -0.113. The number of amides is 1. The maximum Gasteiger partial charge on any atom is 0.234 e. The number of aliphatic hydroxyl groups excluding tert-OH is 1. The zero-order chi connectivity index (χ0) is 24.4. The number of anilines is 1. The van der Waals surface area contributed by atoms with Crippen molar-refractivity contribution in [1.29, 1.82) is 0 Å². The number of hydrogen-bond acceptors (Lipinski definition) is 8. The summed E-state index contributed by atoms with van der Waals surface area (Å²) in [5.74, 6) is 0.449. The van der Waals surface area contributed by atoms with Gasteiger partial charge in [0, 0.05) is 54.3 Å². The number of hydrogen-bond donors (Lipinski definition) is 4. The Balaban J connectivity index is 1.29. The average molecular weight is 498 g/mol. The molecular weight excluding hydrogens is 469 g/mol. The molecule has 0 saturated carbocycles. The lowest BCUT2D eigenvalue weighted by Gasteiger charge is -2.32. The molecule has 10 heteroatoms. The predicted octanol–water partition coefficient (Wildman–Crippen LogP) is 2.49. The summed E-state index contributed by atoms with van der Waals surface area (Å²) in [7, 11) is 1.59. The van der Waals surface area contributed by atoms with E-state index in [4.69, 9.17) is 4.74 Å². The van der Waals surface area contributed by atoms with Crippen LogP contribution in [0, 0.1) is 11.2 Å². The highest BCUT2D eigenvalue weighted by Gasteiger charge is 2.41. The molecular formula is C25H28FN5O3S. The van der Waals surface area contributed by atoms with Crippen LogP contribution in [0.15, 0.2) is 41.4 Å². The summed E-state index contributed by atoms with van der Waals surface area (Å²) in [5.41, 5.74) is 3.36. The lowest BCUT2D eigenvalue weighted by Crippen LogP contribution is -2.43. The second-order valence-corrected chi connectivity index (χ2v) is 10.1. The molecule has 1 aromatic carbocycles. The number of pyridine rings is 2. The molecule has 2 aromatic heterocycles. The van der Waals surface area contributed by atoms with Crippen LogP contribution in [0.2, 0.25) is 0 Å². The fourth-order valence-electron chi connectivity index (χ4n) is 4.80. The number of carbonyl (C=O) groups excluding carboxylic acids is 1. The fourth-order valence-corrected chi connectivity index (χ4v) is 5.61. The molecule has 0 spiro atoms. The molecule has 2 atom stereocenters. The van der Waals surface area contributed by atoms with E-state index in [1.165, 1.54) is 17.8 Å². The average Bonchev–Trinajstić information content (AvgIpc) is 3.23. The number of aromatic nitrogens is 2. The Morgan fingerprint density at radius 3 is 3.00 bits per heavy atom. The molecule has 0 unspecified atom stereocenters. The van der Waals surface area contributed by atoms with Crippen LogP contribution in [-0.4, -0.2) is 59.6 Å². The smallest absolute Gasteiger partial charge is 0.234 e. The highest BCUT2D eigenvalue weighted by molar-refractivity contribution is 8.00. The van der Waals surface area contributed by atoms with Crippen LogP contribution in [0.25, 0.3) is 11.0 Å². The summed E-state index contributed by atoms with van der Waals surface area (Å²) in [5, 5.41) is 20.3. The highest BCUT2D eigenvalue weighted by Crippen LogP contribution is 2.35. The number of nitrogens with one attached hydrogen (secondary N) is 3. The van der Waals surface area contributed by atoms with Crippen molar-refractivity contribution in [3.63, 3.8) is 0 Å². The van der Waals surface area contributed by atoms with Crippen LogP contribution in [0.4, 0.5) is 10.1 Å². The van der Waals surface area contributed by atoms with E-state index in [0.717, 1.165) is 21.5 Å². The molecule has 1 fully saturated rings. The molecule has 4 N–H and O–H groups in total. The van der Waals surface area contributed by atoms with Gasteiger partial charge in [-0.3, -0.25) is 9.78 Å². The number of aliphatic hydroxyl groups is 1. The number of nitrogens with zero attached hydrogens (tertiary/aromatic N) is 2. The Morgan fingerprint density at radius 1 is 1.31 bits per heavy atom. The van der Waals surface area contributed by atoms with E-state index in [-0.39, 0.29) is 11.7 Å². The second kappa shape index (κ2) is 10.1. The Hall–Kier alpha value is -2.79. The topological polar surface area (TPSA) is 108 Å². The summed E-state index contributed by atoms with van der Waals surface area (Å²) < 4.78 is 20.0. The Bertz CT molecular complexity index is 1260. The van der Waals surface area contributed by atoms with Crippen molar-refractivity contribution in [3.8, 4) is 5.88 Å². The SMILES string of the molecule is COc1ccc2nccc(CC[C@]3(CNCc4cc5c(cc4F)SCC(=O)N5)CNC[C@H]3O)c2n1. The van der Waals surface area contributed by atoms with Crippen molar-refractivity contribution in [1.82, 2.24) is 20.6 Å². The molecule has 1 amide bonds. The molecule has 3 aromatic rings. The van der Waals surface area contributed by atoms with E-state index in [1.807, 2.05) is 12.1 Å². The third kappa shape index (κ3) is 4.97. The number of fused-ring (bicyclic) bond motifs is 2. The summed E-state index contributed by atoms with van der Waals surface area (Å²) in [6, 6.07) is 8.81. The van der Waals surface area contributed by atoms with Crippen LogP contribution in [0.5, 0.6) is 5.88 Å². The fraction of sp³-hybridized carbons (Fsp3) is 0.400. The summed E-state index contributed by atoms with van der Waals surface area (Å²) >= 11 is 1.34. The van der Waals surface area contributed by atoms with E-state index in [2.05, 4.69) is 25.9 Å². The summed E-state index contributed by atoms with van der Waals surface area (Å²) in [6.07, 6.45) is 2.66. The largest absolute Gasteiger partial charge is 0.481 e. The van der Waals surface area contributed by atoms with Gasteiger partial charge in [-0.05, 0) is 42.7 Å². The van der Waals surface area contributed by atoms with Crippen LogP contribution in [0.3, 0.4) is 0 Å². The molecule has 2 aliphatic rings. The van der Waals surface area contributed by atoms with Gasteiger partial charge in [0.15, 0.2) is 0 Å². The molecule has 5 rings (SSSR count). The van der Waals surface area contributed by atoms with Crippen molar-refractivity contribution < 1.29 is 19.0 Å². The van der Waals surface area contributed by atoms with Crippen LogP contribution in [0.1, 0.15) is 17.5 Å². The number of β-amino-alcohol motifs (C(OH)–C–C–N with tert-alkyl or cyclic N) is 1. The molecule has 184 valence electrons. The molecule has 2 aliphatic heterocycles. The second-order valence-electron chi connectivity index (χ2n) is 9.08. The first-order valence-electron chi connectivity index (χ1n) is 11.6. The van der Waals surface area contributed by atoms with Crippen molar-refractivity contribution in [2.45, 2.75) is 30.4 Å². The minimum absolute atomic E-state index is 0.0807. The lowest BCUT2D eigenvalue weighted by atomic mass is 9.79. The minimum Gasteiger partial charge on any atom is -0.481 e. The van der Waals surface area contributed by atoms with Gasteiger partial charge in [-0.15, -0.1) is 11.8 Å². The Labute approximate surface area is 207 Å². The first kappa shape index (κ1) is 23.9. The Morgan fingerprint density at radius 2 is 2.20 bits per heavy atom. The molecule has 4 heterocycles. The standard InChI is InChI=1S/C25H28FN5O3S/c1-34-23-3-2-18-24(31-23)15(5-7-29-18)4-6-25(14-28-11-21(25)32)13-27-10-16-8-19-20(9-17(16)26)35-12-22(33)30-19/h2-3,5,7-9,21,27-28,32H,4,6,10-14H2,1H3,(H,30,33)/t21-,25+/m1/s1. The maximum absolute atomic E-state index is 14.7. The van der Waals surface area contributed by atoms with Crippen molar-refractivity contribution in [3.05, 3.63) is 53.5 Å². The number of aryl methyl sites for hydroxylation is 1. The quantitative estimate of drug-likeness (QED) is 0.376. The maximum atomic E-state index is 14.7. The summed E-state index contributed by atoms with van der Waals surface area (Å²) in [4.78, 5) is 21.4. The molecule has 35 heavy (non-hydrogen) atoms. The van der Waals surface area contributed by atoms with E-state index in [9.17, 15) is 14.3 Å². The van der Waals surface area contributed by atoms with E-state index in [1.54, 1.807) is 25.4 Å². The number of rotatable bonds is 8. The first-order valence-corrected chi connectivity index (χ1v) is 12.6. The predicted molar refractivity (Wildman–Crippen MR) is 133 cm³/mol. The zero-order valence-corrected chi connectivity index (χ0v) is 20.3. The monoisotopic (exact) mass is 497 g/mol. The first-order chi connectivity index (χ1) is 17.0.